The Hall–Kier alpha value is -1.96. The zero-order chi connectivity index (χ0) is 12.1. The smallest absolute Gasteiger partial charge is 0.324 e. The summed E-state index contributed by atoms with van der Waals surface area (Å²) in [6.07, 6.45) is 0.174. The molecule has 0 aliphatic rings. The third-order valence-corrected chi connectivity index (χ3v) is 2.17. The molecule has 0 aromatic heterocycles. The highest BCUT2D eigenvalue weighted by Gasteiger charge is 2.09. The lowest BCUT2D eigenvalue weighted by atomic mass is 10.1. The molecule has 0 N–H and O–H groups in total. The van der Waals surface area contributed by atoms with E-state index in [1.54, 1.807) is 0 Å². The van der Waals surface area contributed by atoms with Crippen molar-refractivity contribution in [2.75, 3.05) is 13.6 Å². The van der Waals surface area contributed by atoms with Crippen LogP contribution in [0.3, 0.4) is 0 Å². The van der Waals surface area contributed by atoms with Crippen molar-refractivity contribution in [3.8, 4) is 6.07 Å². The number of hydrogen-bond donors (Lipinski definition) is 0. The van der Waals surface area contributed by atoms with Gasteiger partial charge in [0, 0.05) is 13.6 Å². The molecule has 16 heavy (non-hydrogen) atoms. The minimum Gasteiger partial charge on any atom is -0.333 e. The molecule has 0 atom stereocenters. The van der Waals surface area contributed by atoms with E-state index in [0.29, 0.717) is 0 Å². The molecule has 0 unspecified atom stereocenters. The van der Waals surface area contributed by atoms with Gasteiger partial charge in [0.25, 0.3) is 0 Å². The third kappa shape index (κ3) is 3.02. The van der Waals surface area contributed by atoms with Crippen molar-refractivity contribution in [1.29, 1.82) is 5.26 Å². The Labute approximate surface area is 91.9 Å². The van der Waals surface area contributed by atoms with Crippen molar-refractivity contribution in [2.45, 2.75) is 6.42 Å². The summed E-state index contributed by atoms with van der Waals surface area (Å²) < 4.78 is 26.0. The Kier molecular flexibility index (Phi) is 3.95. The van der Waals surface area contributed by atoms with Gasteiger partial charge in [-0.1, -0.05) is 0 Å². The molecule has 0 heterocycles. The molecule has 0 aliphatic carbocycles. The van der Waals surface area contributed by atoms with E-state index in [1.165, 1.54) is 13.1 Å². The first-order chi connectivity index (χ1) is 7.54. The fourth-order valence-electron chi connectivity index (χ4n) is 1.21. The Morgan fingerprint density at radius 2 is 2.19 bits per heavy atom. The number of carbonyl (C=O) groups excluding carboxylic acids is 1. The number of likely N-dealkylation sites (N-methyl/N-ethyl adjacent to an activating group) is 1. The first-order valence-corrected chi connectivity index (χ1v) is 4.63. The predicted molar refractivity (Wildman–Crippen MR) is 53.3 cm³/mol. The standard InChI is InChI=1S/C11H10F2N2O/c1-15(11(16)7-14)5-4-8-6-9(12)2-3-10(8)13/h2-3,6H,4-5H2,1H3. The fraction of sp³-hybridized carbons (Fsp3) is 0.273. The van der Waals surface area contributed by atoms with Crippen molar-refractivity contribution in [3.63, 3.8) is 0 Å². The van der Waals surface area contributed by atoms with Gasteiger partial charge in [-0.15, -0.1) is 0 Å². The average molecular weight is 224 g/mol. The van der Waals surface area contributed by atoms with Crippen LogP contribution in [0.25, 0.3) is 0 Å². The van der Waals surface area contributed by atoms with Crippen molar-refractivity contribution in [2.24, 2.45) is 0 Å². The molecule has 0 bridgehead atoms. The van der Waals surface area contributed by atoms with Crippen LogP contribution in [-0.2, 0) is 11.2 Å². The molecule has 0 aliphatic heterocycles. The lowest BCUT2D eigenvalue weighted by Gasteiger charge is -2.12. The minimum atomic E-state index is -0.697. The minimum absolute atomic E-state index is 0.173. The normalized spacial score (nSPS) is 9.62. The molecule has 0 saturated heterocycles. The van der Waals surface area contributed by atoms with Gasteiger partial charge in [0.1, 0.15) is 11.6 Å². The first kappa shape index (κ1) is 12.1. The highest BCUT2D eigenvalue weighted by atomic mass is 19.1. The largest absolute Gasteiger partial charge is 0.333 e. The molecule has 0 saturated carbocycles. The molecule has 1 rings (SSSR count). The van der Waals surface area contributed by atoms with E-state index in [1.807, 2.05) is 0 Å². The van der Waals surface area contributed by atoms with Gasteiger partial charge in [0.2, 0.25) is 0 Å². The maximum atomic E-state index is 13.2. The monoisotopic (exact) mass is 224 g/mol. The van der Waals surface area contributed by atoms with E-state index in [2.05, 4.69) is 0 Å². The molecule has 0 radical (unpaired) electrons. The maximum Gasteiger partial charge on any atom is 0.324 e. The molecule has 5 heteroatoms. The summed E-state index contributed by atoms with van der Waals surface area (Å²) in [7, 11) is 1.43. The van der Waals surface area contributed by atoms with Gasteiger partial charge in [-0.05, 0) is 30.2 Å². The summed E-state index contributed by atoms with van der Waals surface area (Å²) in [4.78, 5) is 12.0. The van der Waals surface area contributed by atoms with E-state index in [9.17, 15) is 13.6 Å². The number of halogens is 2. The van der Waals surface area contributed by atoms with Gasteiger partial charge in [-0.2, -0.15) is 5.26 Å². The van der Waals surface area contributed by atoms with Crippen molar-refractivity contribution < 1.29 is 13.6 Å². The van der Waals surface area contributed by atoms with E-state index in [-0.39, 0.29) is 18.5 Å². The van der Waals surface area contributed by atoms with Crippen LogP contribution in [0.5, 0.6) is 0 Å². The van der Waals surface area contributed by atoms with Gasteiger partial charge >= 0.3 is 5.91 Å². The molecule has 1 aromatic rings. The van der Waals surface area contributed by atoms with E-state index >= 15 is 0 Å². The third-order valence-electron chi connectivity index (χ3n) is 2.17. The Morgan fingerprint density at radius 3 is 2.81 bits per heavy atom. The number of hydrogen-bond acceptors (Lipinski definition) is 2. The number of nitriles is 1. The SMILES string of the molecule is CN(CCc1cc(F)ccc1F)C(=O)C#N. The van der Waals surface area contributed by atoms with Crippen LogP contribution in [0, 0.1) is 23.0 Å². The number of nitrogens with zero attached hydrogens (tertiary/aromatic N) is 2. The zero-order valence-electron chi connectivity index (χ0n) is 8.70. The van der Waals surface area contributed by atoms with Crippen LogP contribution in [0.1, 0.15) is 5.56 Å². The van der Waals surface area contributed by atoms with Gasteiger partial charge in [0.15, 0.2) is 6.07 Å². The Morgan fingerprint density at radius 1 is 1.50 bits per heavy atom. The van der Waals surface area contributed by atoms with Crippen LogP contribution in [0.4, 0.5) is 8.78 Å². The highest BCUT2D eigenvalue weighted by molar-refractivity contribution is 5.90. The van der Waals surface area contributed by atoms with Crippen molar-refractivity contribution in [1.82, 2.24) is 4.90 Å². The van der Waals surface area contributed by atoms with E-state index < -0.39 is 17.5 Å². The maximum absolute atomic E-state index is 13.2. The molecule has 3 nitrogen and oxygen atoms in total. The topological polar surface area (TPSA) is 44.1 Å². The number of rotatable bonds is 3. The molecular weight excluding hydrogens is 214 g/mol. The summed E-state index contributed by atoms with van der Waals surface area (Å²) in [5.41, 5.74) is 0.192. The molecule has 1 amide bonds. The van der Waals surface area contributed by atoms with Gasteiger partial charge in [-0.3, -0.25) is 4.79 Å². The van der Waals surface area contributed by atoms with Gasteiger partial charge in [-0.25, -0.2) is 8.78 Å². The number of benzene rings is 1. The summed E-state index contributed by atoms with van der Waals surface area (Å²) >= 11 is 0. The number of carbonyl (C=O) groups is 1. The van der Waals surface area contributed by atoms with Crippen LogP contribution in [-0.4, -0.2) is 24.4 Å². The summed E-state index contributed by atoms with van der Waals surface area (Å²) in [6, 6.07) is 4.60. The molecular formula is C11H10F2N2O. The quantitative estimate of drug-likeness (QED) is 0.730. The first-order valence-electron chi connectivity index (χ1n) is 4.63. The Balaban J connectivity index is 2.65. The van der Waals surface area contributed by atoms with Crippen molar-refractivity contribution >= 4 is 5.91 Å². The van der Waals surface area contributed by atoms with Crippen LogP contribution >= 0.6 is 0 Å². The second kappa shape index (κ2) is 5.21. The second-order valence-electron chi connectivity index (χ2n) is 3.32. The Bertz CT molecular complexity index is 440. The van der Waals surface area contributed by atoms with Gasteiger partial charge < -0.3 is 4.90 Å². The molecule has 0 spiro atoms. The van der Waals surface area contributed by atoms with Crippen LogP contribution < -0.4 is 0 Å². The van der Waals surface area contributed by atoms with Gasteiger partial charge in [0.05, 0.1) is 0 Å². The molecule has 1 aromatic carbocycles. The van der Waals surface area contributed by atoms with Crippen LogP contribution in [0.2, 0.25) is 0 Å². The lowest BCUT2D eigenvalue weighted by Crippen LogP contribution is -2.27. The predicted octanol–water partition coefficient (Wildman–Crippen LogP) is 1.49. The van der Waals surface area contributed by atoms with Crippen molar-refractivity contribution in [3.05, 3.63) is 35.4 Å². The highest BCUT2D eigenvalue weighted by Crippen LogP contribution is 2.10. The molecule has 84 valence electrons. The summed E-state index contributed by atoms with van der Waals surface area (Å²) in [6.45, 7) is 0.173. The number of amides is 1. The summed E-state index contributed by atoms with van der Waals surface area (Å²) in [5.74, 6) is -1.73. The van der Waals surface area contributed by atoms with E-state index in [0.717, 1.165) is 23.1 Å². The summed E-state index contributed by atoms with van der Waals surface area (Å²) in [5, 5.41) is 8.33. The second-order valence-corrected chi connectivity index (χ2v) is 3.32. The molecule has 0 fully saturated rings. The zero-order valence-corrected chi connectivity index (χ0v) is 8.70. The van der Waals surface area contributed by atoms with Crippen LogP contribution in [0.15, 0.2) is 18.2 Å². The lowest BCUT2D eigenvalue weighted by molar-refractivity contribution is -0.124. The fourth-order valence-corrected chi connectivity index (χ4v) is 1.21. The van der Waals surface area contributed by atoms with E-state index in [4.69, 9.17) is 5.26 Å². The average Bonchev–Trinajstić information content (AvgIpc) is 2.28.